The van der Waals surface area contributed by atoms with Crippen molar-refractivity contribution in [2.75, 3.05) is 27.7 Å². The molecule has 330 valence electrons. The Kier molecular flexibility index (Phi) is 19.9. The molecule has 0 radical (unpaired) electrons. The molecule has 5 amide bonds. The van der Waals surface area contributed by atoms with Crippen LogP contribution in [0, 0.1) is 29.6 Å². The number of hydrogen-bond acceptors (Lipinski definition) is 7. The van der Waals surface area contributed by atoms with Gasteiger partial charge in [-0.1, -0.05) is 92.1 Å². The number of nitrogens with one attached hydrogen (secondary N) is 3. The Hall–Kier alpha value is -3.51. The molecular weight excluding hydrogens is 733 g/mol. The van der Waals surface area contributed by atoms with E-state index in [0.29, 0.717) is 13.0 Å². The van der Waals surface area contributed by atoms with Gasteiger partial charge in [0.2, 0.25) is 29.5 Å². The molecule has 1 unspecified atom stereocenters. The van der Waals surface area contributed by atoms with Gasteiger partial charge in [0.25, 0.3) is 0 Å². The van der Waals surface area contributed by atoms with Gasteiger partial charge in [-0.15, -0.1) is 0 Å². The van der Waals surface area contributed by atoms with Crippen LogP contribution >= 0.6 is 0 Å². The number of ether oxygens (including phenoxy) is 1. The van der Waals surface area contributed by atoms with Gasteiger partial charge in [0.15, 0.2) is 0 Å². The lowest BCUT2D eigenvalue weighted by atomic mass is 9.86. The molecule has 1 aliphatic heterocycles. The Bertz CT molecular complexity index is 1480. The summed E-state index contributed by atoms with van der Waals surface area (Å²) < 4.78 is 6.08. The molecular formula is C46H80N6O6. The highest BCUT2D eigenvalue weighted by atomic mass is 16.5. The van der Waals surface area contributed by atoms with Gasteiger partial charge >= 0.3 is 0 Å². The molecule has 0 saturated carbocycles. The van der Waals surface area contributed by atoms with Crippen molar-refractivity contribution in [3.05, 3.63) is 35.9 Å². The summed E-state index contributed by atoms with van der Waals surface area (Å²) in [5, 5.41) is 9.17. The van der Waals surface area contributed by atoms with E-state index in [9.17, 15) is 24.0 Å². The largest absolute Gasteiger partial charge is 0.379 e. The lowest BCUT2D eigenvalue weighted by Crippen LogP contribution is -2.60. The van der Waals surface area contributed by atoms with Crippen LogP contribution < -0.4 is 16.0 Å². The maximum Gasteiger partial charge on any atom is 0.245 e. The standard InChI is InChI=1S/C46H80N6O6/c1-17-31(8)41(51(15)45(57)39(28(2)3)48-44(56)40(29(4)5)50(14)30(6)7)37(58-16)27-38(53)52-25-21-24-36(52)32(9)33(10)42(54)47-35(43(55)49-46(11,12)13)26-34-22-19-18-20-23-34/h18-20,22-23,28-33,35-37,39-41H,17,21,24-27H2,1-16H3,(H,47,54)(H,48,56)(H,49,55)/t31-,32?,33+,35-,36-,37+,39-,40-,41-/m0/s1. The molecule has 0 bridgehead atoms. The molecule has 12 nitrogen and oxygen atoms in total. The highest BCUT2D eigenvalue weighted by molar-refractivity contribution is 5.91. The summed E-state index contributed by atoms with van der Waals surface area (Å²) in [5.74, 6) is -1.77. The molecule has 1 heterocycles. The van der Waals surface area contributed by atoms with Gasteiger partial charge in [-0.05, 0) is 83.7 Å². The van der Waals surface area contributed by atoms with Crippen LogP contribution in [-0.4, -0.2) is 120 Å². The lowest BCUT2D eigenvalue weighted by molar-refractivity contribution is -0.147. The average molecular weight is 813 g/mol. The third-order valence-corrected chi connectivity index (χ3v) is 12.3. The molecule has 3 N–H and O–H groups in total. The first-order chi connectivity index (χ1) is 27.0. The van der Waals surface area contributed by atoms with Crippen LogP contribution in [0.1, 0.15) is 121 Å². The van der Waals surface area contributed by atoms with E-state index in [2.05, 4.69) is 29.8 Å². The summed E-state index contributed by atoms with van der Waals surface area (Å²) in [6.45, 7) is 26.3. The molecule has 9 atom stereocenters. The molecule has 1 aromatic carbocycles. The quantitative estimate of drug-likeness (QED) is 0.145. The molecule has 0 aliphatic carbocycles. The monoisotopic (exact) mass is 813 g/mol. The number of rotatable bonds is 21. The van der Waals surface area contributed by atoms with Gasteiger partial charge in [0, 0.05) is 50.7 Å². The predicted octanol–water partition coefficient (Wildman–Crippen LogP) is 5.68. The van der Waals surface area contributed by atoms with E-state index < -0.39 is 41.7 Å². The zero-order valence-corrected chi connectivity index (χ0v) is 38.8. The molecule has 0 aromatic heterocycles. The van der Waals surface area contributed by atoms with Crippen LogP contribution in [0.4, 0.5) is 0 Å². The SMILES string of the molecule is CC[C@H](C)[C@@H]([C@@H](CC(=O)N1CCC[C@H]1C(C)[C@@H](C)C(=O)N[C@@H](Cc1ccccc1)C(=O)NC(C)(C)C)OC)N(C)C(=O)[C@@H](NC(=O)[C@H](C(C)C)N(C)C(C)C)C(C)C. The van der Waals surface area contributed by atoms with E-state index >= 15 is 0 Å². The fraction of sp³-hybridized carbons (Fsp3) is 0.761. The minimum Gasteiger partial charge on any atom is -0.379 e. The van der Waals surface area contributed by atoms with Crippen LogP contribution in [0.2, 0.25) is 0 Å². The number of methoxy groups -OCH3 is 1. The van der Waals surface area contributed by atoms with Crippen LogP contribution in [0.5, 0.6) is 0 Å². The summed E-state index contributed by atoms with van der Waals surface area (Å²) in [4.78, 5) is 75.4. The van der Waals surface area contributed by atoms with Crippen LogP contribution in [0.15, 0.2) is 30.3 Å². The highest BCUT2D eigenvalue weighted by Gasteiger charge is 2.42. The minimum atomic E-state index is -0.762. The number of hydrogen-bond donors (Lipinski definition) is 3. The van der Waals surface area contributed by atoms with Crippen molar-refractivity contribution in [2.45, 2.75) is 170 Å². The zero-order chi connectivity index (χ0) is 44.2. The Morgan fingerprint density at radius 1 is 0.862 bits per heavy atom. The lowest BCUT2D eigenvalue weighted by Gasteiger charge is -2.41. The molecule has 2 rings (SSSR count). The highest BCUT2D eigenvalue weighted by Crippen LogP contribution is 2.31. The van der Waals surface area contributed by atoms with Crippen LogP contribution in [0.3, 0.4) is 0 Å². The molecule has 1 fully saturated rings. The Balaban J connectivity index is 2.29. The summed E-state index contributed by atoms with van der Waals surface area (Å²) >= 11 is 0. The second-order valence-electron chi connectivity index (χ2n) is 18.9. The second-order valence-corrected chi connectivity index (χ2v) is 18.9. The van der Waals surface area contributed by atoms with Crippen molar-refractivity contribution in [3.8, 4) is 0 Å². The smallest absolute Gasteiger partial charge is 0.245 e. The van der Waals surface area contributed by atoms with Gasteiger partial charge < -0.3 is 30.5 Å². The van der Waals surface area contributed by atoms with Crippen molar-refractivity contribution < 1.29 is 28.7 Å². The van der Waals surface area contributed by atoms with E-state index in [1.807, 2.05) is 123 Å². The Morgan fingerprint density at radius 2 is 1.47 bits per heavy atom. The van der Waals surface area contributed by atoms with Crippen molar-refractivity contribution in [3.63, 3.8) is 0 Å². The zero-order valence-electron chi connectivity index (χ0n) is 38.8. The van der Waals surface area contributed by atoms with E-state index in [4.69, 9.17) is 4.74 Å². The van der Waals surface area contributed by atoms with Crippen LogP contribution in [-0.2, 0) is 35.1 Å². The number of likely N-dealkylation sites (tertiary alicyclic amines) is 1. The number of nitrogens with zero attached hydrogens (tertiary/aromatic N) is 3. The Morgan fingerprint density at radius 3 is 1.97 bits per heavy atom. The summed E-state index contributed by atoms with van der Waals surface area (Å²) in [6.07, 6.45) is 2.13. The van der Waals surface area contributed by atoms with Gasteiger partial charge in [0.1, 0.15) is 12.1 Å². The first kappa shape index (κ1) is 50.6. The van der Waals surface area contributed by atoms with E-state index in [1.165, 1.54) is 0 Å². The maximum atomic E-state index is 14.4. The molecule has 1 aromatic rings. The Labute approximate surface area is 351 Å². The number of amides is 5. The number of carbonyl (C=O) groups is 5. The van der Waals surface area contributed by atoms with E-state index in [1.54, 1.807) is 19.1 Å². The first-order valence-electron chi connectivity index (χ1n) is 21.7. The van der Waals surface area contributed by atoms with Crippen LogP contribution in [0.25, 0.3) is 0 Å². The summed E-state index contributed by atoms with van der Waals surface area (Å²) in [7, 11) is 5.27. The fourth-order valence-corrected chi connectivity index (χ4v) is 8.31. The van der Waals surface area contributed by atoms with E-state index in [-0.39, 0.29) is 71.7 Å². The maximum absolute atomic E-state index is 14.4. The number of benzene rings is 1. The number of carbonyl (C=O) groups excluding carboxylic acids is 5. The van der Waals surface area contributed by atoms with Crippen molar-refractivity contribution >= 4 is 29.5 Å². The average Bonchev–Trinajstić information content (AvgIpc) is 3.65. The third-order valence-electron chi connectivity index (χ3n) is 12.3. The van der Waals surface area contributed by atoms with Gasteiger partial charge in [0.05, 0.1) is 24.6 Å². The summed E-state index contributed by atoms with van der Waals surface area (Å²) in [6, 6.07) is 7.25. The normalized spacial score (nSPS) is 19.0. The molecule has 12 heteroatoms. The van der Waals surface area contributed by atoms with Crippen molar-refractivity contribution in [1.82, 2.24) is 30.7 Å². The van der Waals surface area contributed by atoms with Gasteiger partial charge in [-0.25, -0.2) is 0 Å². The molecule has 1 saturated heterocycles. The molecule has 0 spiro atoms. The topological polar surface area (TPSA) is 140 Å². The van der Waals surface area contributed by atoms with E-state index in [0.717, 1.165) is 24.8 Å². The van der Waals surface area contributed by atoms with Crippen molar-refractivity contribution in [2.24, 2.45) is 29.6 Å². The minimum absolute atomic E-state index is 0.0120. The number of likely N-dealkylation sites (N-methyl/N-ethyl adjacent to an activating group) is 2. The first-order valence-corrected chi connectivity index (χ1v) is 21.7. The van der Waals surface area contributed by atoms with Gasteiger partial charge in [-0.2, -0.15) is 0 Å². The van der Waals surface area contributed by atoms with Gasteiger partial charge in [-0.3, -0.25) is 28.9 Å². The predicted molar refractivity (Wildman–Crippen MR) is 233 cm³/mol. The second kappa shape index (κ2) is 22.7. The summed E-state index contributed by atoms with van der Waals surface area (Å²) in [5.41, 5.74) is 0.476. The van der Waals surface area contributed by atoms with Crippen molar-refractivity contribution in [1.29, 1.82) is 0 Å². The molecule has 58 heavy (non-hydrogen) atoms. The third kappa shape index (κ3) is 14.1. The molecule has 1 aliphatic rings. The fourth-order valence-electron chi connectivity index (χ4n) is 8.31.